The topological polar surface area (TPSA) is 50.9 Å². The number of halogens is 4. The Kier molecular flexibility index (Phi) is 7.24. The number of nitrogens with zero attached hydrogens (tertiary/aromatic N) is 2. The number of aliphatic imine (C=N–C) groups is 1. The lowest BCUT2D eigenvalue weighted by atomic mass is 10.1. The molecule has 0 unspecified atom stereocenters. The largest absolute Gasteiger partial charge is 0.573 e. The normalized spacial score (nSPS) is 16.1. The van der Waals surface area contributed by atoms with E-state index in [1.807, 2.05) is 4.90 Å². The number of hydrogen-bond donors (Lipinski definition) is 1. The third-order valence-electron chi connectivity index (χ3n) is 3.29. The van der Waals surface area contributed by atoms with Crippen molar-refractivity contribution in [3.05, 3.63) is 29.8 Å². The molecule has 4 nitrogen and oxygen atoms in total. The van der Waals surface area contributed by atoms with Crippen LogP contribution >= 0.6 is 24.0 Å². The van der Waals surface area contributed by atoms with Crippen molar-refractivity contribution in [2.75, 3.05) is 13.1 Å². The van der Waals surface area contributed by atoms with E-state index in [9.17, 15) is 13.2 Å². The monoisotopic (exact) mass is 429 g/mol. The van der Waals surface area contributed by atoms with E-state index in [-0.39, 0.29) is 36.3 Å². The Morgan fingerprint density at radius 2 is 1.82 bits per heavy atom. The fourth-order valence-corrected chi connectivity index (χ4v) is 2.25. The van der Waals surface area contributed by atoms with Gasteiger partial charge < -0.3 is 15.4 Å². The second kappa shape index (κ2) is 8.44. The molecule has 0 radical (unpaired) electrons. The highest BCUT2D eigenvalue weighted by Crippen LogP contribution is 2.26. The number of piperidine rings is 1. The predicted molar refractivity (Wildman–Crippen MR) is 89.3 cm³/mol. The van der Waals surface area contributed by atoms with Crippen LogP contribution < -0.4 is 10.5 Å². The summed E-state index contributed by atoms with van der Waals surface area (Å²) in [6, 6.07) is 5.96. The van der Waals surface area contributed by atoms with Crippen LogP contribution in [-0.4, -0.2) is 30.3 Å². The van der Waals surface area contributed by atoms with E-state index in [1.165, 1.54) is 18.6 Å². The van der Waals surface area contributed by atoms with Gasteiger partial charge in [0.05, 0.1) is 6.54 Å². The Morgan fingerprint density at radius 1 is 1.18 bits per heavy atom. The first-order valence-corrected chi connectivity index (χ1v) is 6.84. The first kappa shape index (κ1) is 18.9. The Balaban J connectivity index is 0.00000242. The van der Waals surface area contributed by atoms with Crippen LogP contribution in [0.3, 0.4) is 0 Å². The number of para-hydroxylation sites is 1. The van der Waals surface area contributed by atoms with Gasteiger partial charge in [-0.05, 0) is 25.3 Å². The molecule has 1 heterocycles. The molecular formula is C14H19F3IN3O. The number of guanidine groups is 1. The molecule has 0 spiro atoms. The highest BCUT2D eigenvalue weighted by atomic mass is 127. The average molecular weight is 429 g/mol. The maximum atomic E-state index is 12.3. The smallest absolute Gasteiger partial charge is 0.405 e. The van der Waals surface area contributed by atoms with E-state index in [4.69, 9.17) is 5.73 Å². The molecule has 0 bridgehead atoms. The average Bonchev–Trinajstić information content (AvgIpc) is 2.45. The third kappa shape index (κ3) is 5.90. The molecule has 1 aromatic rings. The van der Waals surface area contributed by atoms with Gasteiger partial charge in [0.2, 0.25) is 0 Å². The third-order valence-corrected chi connectivity index (χ3v) is 3.29. The Morgan fingerprint density at radius 3 is 2.45 bits per heavy atom. The summed E-state index contributed by atoms with van der Waals surface area (Å²) in [4.78, 5) is 6.14. The zero-order chi connectivity index (χ0) is 15.3. The van der Waals surface area contributed by atoms with Crippen molar-refractivity contribution in [3.63, 3.8) is 0 Å². The maximum absolute atomic E-state index is 12.3. The lowest BCUT2D eigenvalue weighted by Crippen LogP contribution is -2.40. The van der Waals surface area contributed by atoms with Crippen molar-refractivity contribution in [1.29, 1.82) is 0 Å². The van der Waals surface area contributed by atoms with E-state index in [2.05, 4.69) is 9.73 Å². The van der Waals surface area contributed by atoms with Crippen molar-refractivity contribution in [2.45, 2.75) is 32.2 Å². The highest BCUT2D eigenvalue weighted by molar-refractivity contribution is 14.0. The molecule has 1 aliphatic heterocycles. The van der Waals surface area contributed by atoms with Crippen LogP contribution in [0.5, 0.6) is 5.75 Å². The molecule has 1 saturated heterocycles. The molecule has 1 fully saturated rings. The zero-order valence-corrected chi connectivity index (χ0v) is 14.3. The van der Waals surface area contributed by atoms with Gasteiger partial charge in [0.1, 0.15) is 5.75 Å². The molecule has 1 aromatic carbocycles. The molecule has 0 aromatic heterocycles. The number of nitrogens with two attached hydrogens (primary N) is 1. The number of benzene rings is 1. The van der Waals surface area contributed by atoms with Gasteiger partial charge in [-0.15, -0.1) is 37.1 Å². The predicted octanol–water partition coefficient (Wildman–Crippen LogP) is 3.50. The van der Waals surface area contributed by atoms with Gasteiger partial charge >= 0.3 is 6.36 Å². The first-order chi connectivity index (χ1) is 9.96. The van der Waals surface area contributed by atoms with Crippen LogP contribution in [0.4, 0.5) is 13.2 Å². The summed E-state index contributed by atoms with van der Waals surface area (Å²) < 4.78 is 40.9. The summed E-state index contributed by atoms with van der Waals surface area (Å²) >= 11 is 0. The molecule has 0 amide bonds. The molecule has 124 valence electrons. The van der Waals surface area contributed by atoms with Crippen LogP contribution in [0, 0.1) is 0 Å². The van der Waals surface area contributed by atoms with E-state index in [0.717, 1.165) is 25.9 Å². The molecule has 0 atom stereocenters. The number of likely N-dealkylation sites (tertiary alicyclic amines) is 1. The SMILES string of the molecule is I.NC(=NCc1ccccc1OC(F)(F)F)N1CCCCC1. The van der Waals surface area contributed by atoms with Crippen molar-refractivity contribution in [2.24, 2.45) is 10.7 Å². The number of rotatable bonds is 3. The minimum absolute atomic E-state index is 0. The number of ether oxygens (including phenoxy) is 1. The second-order valence-corrected chi connectivity index (χ2v) is 4.88. The van der Waals surface area contributed by atoms with Crippen LogP contribution in [-0.2, 0) is 6.54 Å². The molecule has 22 heavy (non-hydrogen) atoms. The molecule has 2 rings (SSSR count). The quantitative estimate of drug-likeness (QED) is 0.455. The van der Waals surface area contributed by atoms with Gasteiger partial charge in [0.15, 0.2) is 5.96 Å². The van der Waals surface area contributed by atoms with Gasteiger partial charge in [-0.1, -0.05) is 18.2 Å². The molecule has 8 heteroatoms. The highest BCUT2D eigenvalue weighted by Gasteiger charge is 2.31. The Bertz CT molecular complexity index is 502. The summed E-state index contributed by atoms with van der Waals surface area (Å²) in [6.45, 7) is 1.75. The molecule has 0 saturated carbocycles. The summed E-state index contributed by atoms with van der Waals surface area (Å²) in [7, 11) is 0. The van der Waals surface area contributed by atoms with Crippen molar-refractivity contribution in [3.8, 4) is 5.75 Å². The van der Waals surface area contributed by atoms with Gasteiger partial charge in [-0.2, -0.15) is 0 Å². The minimum atomic E-state index is -4.71. The van der Waals surface area contributed by atoms with Gasteiger partial charge in [-0.25, -0.2) is 4.99 Å². The van der Waals surface area contributed by atoms with Gasteiger partial charge in [-0.3, -0.25) is 0 Å². The van der Waals surface area contributed by atoms with Crippen LogP contribution in [0.1, 0.15) is 24.8 Å². The molecular weight excluding hydrogens is 410 g/mol. The van der Waals surface area contributed by atoms with Crippen molar-refractivity contribution < 1.29 is 17.9 Å². The van der Waals surface area contributed by atoms with Crippen LogP contribution in [0.25, 0.3) is 0 Å². The first-order valence-electron chi connectivity index (χ1n) is 6.84. The second-order valence-electron chi connectivity index (χ2n) is 4.88. The van der Waals surface area contributed by atoms with E-state index >= 15 is 0 Å². The molecule has 1 aliphatic rings. The standard InChI is InChI=1S/C14H18F3N3O.HI/c15-14(16,17)21-12-7-3-2-6-11(12)10-19-13(18)20-8-4-1-5-9-20;/h2-3,6-7H,1,4-5,8-10H2,(H2,18,19);1H. The van der Waals surface area contributed by atoms with Gasteiger partial charge in [0, 0.05) is 18.7 Å². The van der Waals surface area contributed by atoms with Crippen molar-refractivity contribution in [1.82, 2.24) is 4.90 Å². The fraction of sp³-hybridized carbons (Fsp3) is 0.500. The van der Waals surface area contributed by atoms with E-state index < -0.39 is 6.36 Å². The maximum Gasteiger partial charge on any atom is 0.573 e. The molecule has 0 aliphatic carbocycles. The van der Waals surface area contributed by atoms with Crippen molar-refractivity contribution >= 4 is 29.9 Å². The van der Waals surface area contributed by atoms with Crippen LogP contribution in [0.2, 0.25) is 0 Å². The van der Waals surface area contributed by atoms with E-state index in [0.29, 0.717) is 11.5 Å². The minimum Gasteiger partial charge on any atom is -0.405 e. The Labute approximate surface area is 144 Å². The number of hydrogen-bond acceptors (Lipinski definition) is 2. The lowest BCUT2D eigenvalue weighted by Gasteiger charge is -2.27. The summed E-state index contributed by atoms with van der Waals surface area (Å²) in [5.41, 5.74) is 6.24. The zero-order valence-electron chi connectivity index (χ0n) is 12.0. The Hall–Kier alpha value is -1.19. The lowest BCUT2D eigenvalue weighted by molar-refractivity contribution is -0.274. The summed E-state index contributed by atoms with van der Waals surface area (Å²) in [5.74, 6) is 0.136. The summed E-state index contributed by atoms with van der Waals surface area (Å²) in [5, 5.41) is 0. The van der Waals surface area contributed by atoms with Crippen LogP contribution in [0.15, 0.2) is 29.3 Å². The molecule has 2 N–H and O–H groups in total. The fourth-order valence-electron chi connectivity index (χ4n) is 2.25. The van der Waals surface area contributed by atoms with E-state index in [1.54, 1.807) is 12.1 Å². The number of alkyl halides is 3. The van der Waals surface area contributed by atoms with Gasteiger partial charge in [0.25, 0.3) is 0 Å². The summed E-state index contributed by atoms with van der Waals surface area (Å²) in [6.07, 6.45) is -1.42.